The van der Waals surface area contributed by atoms with E-state index in [0.29, 0.717) is 13.0 Å². The molecule has 0 aromatic carbocycles. The fourth-order valence-corrected chi connectivity index (χ4v) is 5.52. The molecule has 0 heterocycles. The molecule has 242 valence electrons. The zero-order valence-corrected chi connectivity index (χ0v) is 28.3. The molecule has 0 aromatic rings. The Morgan fingerprint density at radius 2 is 0.756 bits per heavy atom. The minimum Gasteiger partial charge on any atom is -0.466 e. The minimum absolute atomic E-state index is 0.0121. The molecule has 0 radical (unpaired) electrons. The summed E-state index contributed by atoms with van der Waals surface area (Å²) in [6.45, 7) is 5.17. The fraction of sp³-hybridized carbons (Fsp3) is 0.872. The van der Waals surface area contributed by atoms with Crippen LogP contribution < -0.4 is 0 Å². The van der Waals surface area contributed by atoms with Crippen LogP contribution in [0.15, 0.2) is 24.3 Å². The van der Waals surface area contributed by atoms with Crippen LogP contribution >= 0.6 is 0 Å². The van der Waals surface area contributed by atoms with Crippen molar-refractivity contribution in [3.8, 4) is 0 Å². The Morgan fingerprint density at radius 1 is 0.415 bits per heavy atom. The molecule has 41 heavy (non-hydrogen) atoms. The molecule has 0 bridgehead atoms. The van der Waals surface area contributed by atoms with Crippen molar-refractivity contribution in [1.29, 1.82) is 0 Å². The summed E-state index contributed by atoms with van der Waals surface area (Å²) < 4.78 is 5.44. The lowest BCUT2D eigenvalue weighted by Crippen LogP contribution is -2.05. The van der Waals surface area contributed by atoms with Crippen LogP contribution in [0.2, 0.25) is 0 Å². The van der Waals surface area contributed by atoms with Crippen molar-refractivity contribution in [2.24, 2.45) is 0 Å². The predicted octanol–water partition coefficient (Wildman–Crippen LogP) is 13.8. The van der Waals surface area contributed by atoms with Crippen molar-refractivity contribution in [3.63, 3.8) is 0 Å². The highest BCUT2D eigenvalue weighted by molar-refractivity contribution is 5.69. The van der Waals surface area contributed by atoms with Gasteiger partial charge in [0, 0.05) is 6.42 Å². The zero-order valence-electron chi connectivity index (χ0n) is 28.3. The summed E-state index contributed by atoms with van der Waals surface area (Å²) in [6.07, 6.45) is 49.6. The lowest BCUT2D eigenvalue weighted by Gasteiger charge is -2.05. The normalized spacial score (nSPS) is 11.8. The average molecular weight is 575 g/mol. The third kappa shape index (κ3) is 36.9. The molecule has 0 aromatic heterocycles. The van der Waals surface area contributed by atoms with E-state index in [2.05, 4.69) is 38.2 Å². The molecule has 0 N–H and O–H groups in total. The van der Waals surface area contributed by atoms with Crippen LogP contribution in [-0.4, -0.2) is 12.6 Å². The lowest BCUT2D eigenvalue weighted by atomic mass is 10.0. The molecule has 0 rings (SSSR count). The molecular weight excluding hydrogens is 500 g/mol. The van der Waals surface area contributed by atoms with Gasteiger partial charge in [0.05, 0.1) is 6.61 Å². The van der Waals surface area contributed by atoms with Crippen molar-refractivity contribution in [2.45, 2.75) is 213 Å². The quantitative estimate of drug-likeness (QED) is 0.0434. The van der Waals surface area contributed by atoms with Crippen LogP contribution in [0.25, 0.3) is 0 Å². The Labute approximate surface area is 259 Å². The highest BCUT2D eigenvalue weighted by Gasteiger charge is 2.02. The van der Waals surface area contributed by atoms with Crippen molar-refractivity contribution >= 4 is 5.97 Å². The number of unbranched alkanes of at least 4 members (excludes halogenated alkanes) is 26. The number of rotatable bonds is 34. The molecule has 2 heteroatoms. The molecule has 2 nitrogen and oxygen atoms in total. The van der Waals surface area contributed by atoms with E-state index in [0.717, 1.165) is 25.7 Å². The highest BCUT2D eigenvalue weighted by Crippen LogP contribution is 2.15. The molecule has 0 spiro atoms. The number of hydrogen-bond donors (Lipinski definition) is 0. The first-order chi connectivity index (χ1) is 20.3. The summed E-state index contributed by atoms with van der Waals surface area (Å²) >= 11 is 0. The van der Waals surface area contributed by atoms with Crippen LogP contribution in [-0.2, 0) is 9.53 Å². The van der Waals surface area contributed by atoms with Gasteiger partial charge in [-0.15, -0.1) is 0 Å². The smallest absolute Gasteiger partial charge is 0.305 e. The Kier molecular flexibility index (Phi) is 36.0. The van der Waals surface area contributed by atoms with E-state index in [-0.39, 0.29) is 5.97 Å². The highest BCUT2D eigenvalue weighted by atomic mass is 16.5. The number of carbonyl (C=O) groups excluding carboxylic acids is 1. The third-order valence-corrected chi connectivity index (χ3v) is 8.34. The molecule has 0 saturated heterocycles. The van der Waals surface area contributed by atoms with E-state index in [1.54, 1.807) is 0 Å². The van der Waals surface area contributed by atoms with Crippen LogP contribution in [0, 0.1) is 0 Å². The molecule has 0 unspecified atom stereocenters. The van der Waals surface area contributed by atoms with Gasteiger partial charge in [0.2, 0.25) is 0 Å². The number of carbonyl (C=O) groups is 1. The van der Waals surface area contributed by atoms with E-state index < -0.39 is 0 Å². The van der Waals surface area contributed by atoms with Gasteiger partial charge >= 0.3 is 5.97 Å². The number of allylic oxidation sites excluding steroid dienone is 4. The molecule has 0 amide bonds. The second-order valence-corrected chi connectivity index (χ2v) is 12.6. The first-order valence-corrected chi connectivity index (χ1v) is 18.8. The average Bonchev–Trinajstić information content (AvgIpc) is 2.98. The van der Waals surface area contributed by atoms with Gasteiger partial charge in [-0.1, -0.05) is 186 Å². The first-order valence-electron chi connectivity index (χ1n) is 18.8. The maximum atomic E-state index is 11.9. The van der Waals surface area contributed by atoms with E-state index in [1.807, 2.05) is 0 Å². The van der Waals surface area contributed by atoms with Crippen LogP contribution in [0.3, 0.4) is 0 Å². The van der Waals surface area contributed by atoms with Crippen LogP contribution in [0.5, 0.6) is 0 Å². The van der Waals surface area contributed by atoms with E-state index >= 15 is 0 Å². The molecule has 0 atom stereocenters. The SMILES string of the molecule is CCCCC/C=C\C/C=C\CCCCCCCC(=O)OCCCCCCCCCCCCCCCCCCCCC. The summed E-state index contributed by atoms with van der Waals surface area (Å²) in [6, 6.07) is 0. The van der Waals surface area contributed by atoms with Crippen molar-refractivity contribution in [2.75, 3.05) is 6.61 Å². The summed E-state index contributed by atoms with van der Waals surface area (Å²) in [5.74, 6) is 0.0121. The largest absolute Gasteiger partial charge is 0.466 e. The molecule has 0 aliphatic heterocycles. The second-order valence-electron chi connectivity index (χ2n) is 12.6. The van der Waals surface area contributed by atoms with Gasteiger partial charge in [0.15, 0.2) is 0 Å². The second kappa shape index (κ2) is 37.0. The van der Waals surface area contributed by atoms with Crippen molar-refractivity contribution in [3.05, 3.63) is 24.3 Å². The number of ether oxygens (including phenoxy) is 1. The Balaban J connectivity index is 3.20. The number of hydrogen-bond acceptors (Lipinski definition) is 2. The summed E-state index contributed by atoms with van der Waals surface area (Å²) in [4.78, 5) is 11.9. The van der Waals surface area contributed by atoms with Gasteiger partial charge < -0.3 is 4.74 Å². The fourth-order valence-electron chi connectivity index (χ4n) is 5.52. The zero-order chi connectivity index (χ0) is 29.7. The van der Waals surface area contributed by atoms with Gasteiger partial charge in [0.1, 0.15) is 0 Å². The maximum Gasteiger partial charge on any atom is 0.305 e. The van der Waals surface area contributed by atoms with Gasteiger partial charge in [0.25, 0.3) is 0 Å². The van der Waals surface area contributed by atoms with Crippen molar-refractivity contribution < 1.29 is 9.53 Å². The standard InChI is InChI=1S/C39H74O2/c1-3-5-7-9-11-13-15-17-19-20-21-22-24-26-28-30-32-34-36-38-41-39(40)37-35-33-31-29-27-25-23-18-16-14-12-10-8-6-4-2/h12,14,18,23H,3-11,13,15-17,19-22,24-38H2,1-2H3/b14-12-,23-18-. The third-order valence-electron chi connectivity index (χ3n) is 8.34. The lowest BCUT2D eigenvalue weighted by molar-refractivity contribution is -0.143. The predicted molar refractivity (Wildman–Crippen MR) is 184 cm³/mol. The summed E-state index contributed by atoms with van der Waals surface area (Å²) in [5, 5.41) is 0. The summed E-state index contributed by atoms with van der Waals surface area (Å²) in [5.41, 5.74) is 0. The maximum absolute atomic E-state index is 11.9. The number of esters is 1. The molecule has 0 aliphatic rings. The molecule has 0 aliphatic carbocycles. The van der Waals surface area contributed by atoms with E-state index in [4.69, 9.17) is 4.74 Å². The Bertz CT molecular complexity index is 550. The summed E-state index contributed by atoms with van der Waals surface area (Å²) in [7, 11) is 0. The Morgan fingerprint density at radius 3 is 1.22 bits per heavy atom. The minimum atomic E-state index is 0.0121. The van der Waals surface area contributed by atoms with Gasteiger partial charge in [-0.2, -0.15) is 0 Å². The Hall–Kier alpha value is -1.05. The van der Waals surface area contributed by atoms with E-state index in [9.17, 15) is 4.79 Å². The van der Waals surface area contributed by atoms with Crippen molar-refractivity contribution in [1.82, 2.24) is 0 Å². The monoisotopic (exact) mass is 575 g/mol. The molecular formula is C39H74O2. The first kappa shape index (κ1) is 40.0. The van der Waals surface area contributed by atoms with E-state index in [1.165, 1.54) is 167 Å². The van der Waals surface area contributed by atoms with Gasteiger partial charge in [-0.3, -0.25) is 4.79 Å². The van der Waals surface area contributed by atoms with Gasteiger partial charge in [-0.05, 0) is 44.9 Å². The topological polar surface area (TPSA) is 26.3 Å². The van der Waals surface area contributed by atoms with Gasteiger partial charge in [-0.25, -0.2) is 0 Å². The van der Waals surface area contributed by atoms with Crippen LogP contribution in [0.4, 0.5) is 0 Å². The van der Waals surface area contributed by atoms with Crippen LogP contribution in [0.1, 0.15) is 213 Å². The molecule has 0 fully saturated rings. The molecule has 0 saturated carbocycles.